The molecule has 148 valence electrons. The molecule has 9 nitrogen and oxygen atoms in total. The minimum Gasteiger partial charge on any atom is -0.485 e. The Labute approximate surface area is 161 Å². The summed E-state index contributed by atoms with van der Waals surface area (Å²) in [5.74, 6) is 0.111. The van der Waals surface area contributed by atoms with Gasteiger partial charge in [0.1, 0.15) is 5.75 Å². The van der Waals surface area contributed by atoms with Crippen LogP contribution in [-0.4, -0.2) is 58.3 Å². The second-order valence-electron chi connectivity index (χ2n) is 7.21. The van der Waals surface area contributed by atoms with Gasteiger partial charge in [-0.1, -0.05) is 11.2 Å². The highest BCUT2D eigenvalue weighted by Gasteiger charge is 2.54. The molecule has 2 saturated heterocycles. The number of aryl methyl sites for hydroxylation is 1. The van der Waals surface area contributed by atoms with E-state index in [2.05, 4.69) is 10.1 Å². The number of aliphatic carboxylic acids is 1. The highest BCUT2D eigenvalue weighted by atomic mass is 16.5. The van der Waals surface area contributed by atoms with Crippen molar-refractivity contribution >= 4 is 11.9 Å². The van der Waals surface area contributed by atoms with E-state index in [9.17, 15) is 14.7 Å². The molecule has 1 amide bonds. The lowest BCUT2D eigenvalue weighted by Crippen LogP contribution is -2.45. The molecule has 0 saturated carbocycles. The Morgan fingerprint density at radius 2 is 2.29 bits per heavy atom. The summed E-state index contributed by atoms with van der Waals surface area (Å²) in [4.78, 5) is 30.6. The number of carbonyl (C=O) groups is 2. The largest absolute Gasteiger partial charge is 0.485 e. The molecule has 0 aliphatic carbocycles. The van der Waals surface area contributed by atoms with Gasteiger partial charge in [0.05, 0.1) is 12.0 Å². The van der Waals surface area contributed by atoms with Crippen molar-refractivity contribution in [3.8, 4) is 5.75 Å². The number of benzene rings is 1. The van der Waals surface area contributed by atoms with E-state index < -0.39 is 11.4 Å². The van der Waals surface area contributed by atoms with Crippen molar-refractivity contribution in [3.63, 3.8) is 0 Å². The van der Waals surface area contributed by atoms with Gasteiger partial charge < -0.3 is 24.0 Å². The molecule has 2 fully saturated rings. The van der Waals surface area contributed by atoms with Gasteiger partial charge in [0.15, 0.2) is 6.61 Å². The summed E-state index contributed by atoms with van der Waals surface area (Å²) < 4.78 is 16.0. The van der Waals surface area contributed by atoms with Crippen LogP contribution in [0.4, 0.5) is 0 Å². The van der Waals surface area contributed by atoms with Crippen LogP contribution >= 0.6 is 0 Å². The standard InChI is InChI=1S/C19H21N3O6/c1-12-20-16(21-28-12)10-27-15-4-2-3-13(7-15)17(23)22-8-14-9-26-6-5-19(14,11-22)18(24)25/h2-4,7,14H,5-6,8-11H2,1H3,(H,24,25)/t14-,19+/m0/s1. The van der Waals surface area contributed by atoms with E-state index in [1.165, 1.54) is 0 Å². The number of carbonyl (C=O) groups excluding carboxylic acids is 1. The first kappa shape index (κ1) is 18.4. The van der Waals surface area contributed by atoms with Gasteiger partial charge in [0.25, 0.3) is 5.91 Å². The summed E-state index contributed by atoms with van der Waals surface area (Å²) in [6.07, 6.45) is 0.421. The molecular weight excluding hydrogens is 366 g/mol. The normalized spacial score (nSPS) is 24.0. The van der Waals surface area contributed by atoms with E-state index in [4.69, 9.17) is 14.0 Å². The van der Waals surface area contributed by atoms with Crippen molar-refractivity contribution in [2.24, 2.45) is 11.3 Å². The number of carboxylic acids is 1. The molecule has 28 heavy (non-hydrogen) atoms. The zero-order valence-corrected chi connectivity index (χ0v) is 15.5. The fourth-order valence-electron chi connectivity index (χ4n) is 3.90. The van der Waals surface area contributed by atoms with Crippen LogP contribution in [0.25, 0.3) is 0 Å². The molecule has 0 spiro atoms. The second-order valence-corrected chi connectivity index (χ2v) is 7.21. The van der Waals surface area contributed by atoms with Gasteiger partial charge in [-0.05, 0) is 24.6 Å². The monoisotopic (exact) mass is 387 g/mol. The van der Waals surface area contributed by atoms with Crippen molar-refractivity contribution in [1.29, 1.82) is 0 Å². The summed E-state index contributed by atoms with van der Waals surface area (Å²) in [6, 6.07) is 6.80. The van der Waals surface area contributed by atoms with Crippen LogP contribution in [0.2, 0.25) is 0 Å². The Bertz CT molecular complexity index is 897. The minimum atomic E-state index is -0.918. The van der Waals surface area contributed by atoms with Crippen LogP contribution in [0.15, 0.2) is 28.8 Å². The third-order valence-corrected chi connectivity index (χ3v) is 5.44. The quantitative estimate of drug-likeness (QED) is 0.821. The average molecular weight is 387 g/mol. The smallest absolute Gasteiger partial charge is 0.311 e. The van der Waals surface area contributed by atoms with Crippen LogP contribution < -0.4 is 4.74 Å². The summed E-state index contributed by atoms with van der Waals surface area (Å²) in [7, 11) is 0. The molecule has 2 atom stereocenters. The van der Waals surface area contributed by atoms with E-state index in [0.717, 1.165) is 0 Å². The SMILES string of the molecule is Cc1nc(COc2cccc(C(=O)N3C[C@H]4COCC[C@@]4(C(=O)O)C3)c2)no1. The lowest BCUT2D eigenvalue weighted by molar-refractivity contribution is -0.157. The summed E-state index contributed by atoms with van der Waals surface area (Å²) in [5, 5.41) is 13.5. The second kappa shape index (κ2) is 7.23. The van der Waals surface area contributed by atoms with Crippen LogP contribution in [0.5, 0.6) is 5.75 Å². The molecular formula is C19H21N3O6. The number of nitrogens with zero attached hydrogens (tertiary/aromatic N) is 3. The zero-order chi connectivity index (χ0) is 19.7. The zero-order valence-electron chi connectivity index (χ0n) is 15.5. The Morgan fingerprint density at radius 1 is 1.43 bits per heavy atom. The van der Waals surface area contributed by atoms with Gasteiger partial charge in [0, 0.05) is 38.1 Å². The number of rotatable bonds is 5. The number of hydrogen-bond acceptors (Lipinski definition) is 7. The van der Waals surface area contributed by atoms with Crippen LogP contribution in [0, 0.1) is 18.3 Å². The maximum atomic E-state index is 13.0. The van der Waals surface area contributed by atoms with Crippen molar-refractivity contribution in [2.45, 2.75) is 20.0 Å². The number of amides is 1. The van der Waals surface area contributed by atoms with E-state index in [-0.39, 0.29) is 25.0 Å². The van der Waals surface area contributed by atoms with Crippen molar-refractivity contribution in [3.05, 3.63) is 41.5 Å². The molecule has 1 aromatic carbocycles. The molecule has 1 aromatic heterocycles. The minimum absolute atomic E-state index is 0.125. The Morgan fingerprint density at radius 3 is 3.00 bits per heavy atom. The van der Waals surface area contributed by atoms with Crippen molar-refractivity contribution in [2.75, 3.05) is 26.3 Å². The summed E-state index contributed by atoms with van der Waals surface area (Å²) in [6.45, 7) is 3.16. The first-order valence-corrected chi connectivity index (χ1v) is 9.10. The lowest BCUT2D eigenvalue weighted by atomic mass is 9.74. The predicted molar refractivity (Wildman–Crippen MR) is 94.7 cm³/mol. The van der Waals surface area contributed by atoms with Crippen LogP contribution in [0.3, 0.4) is 0 Å². The maximum Gasteiger partial charge on any atom is 0.311 e. The molecule has 0 radical (unpaired) electrons. The van der Waals surface area contributed by atoms with E-state index in [1.807, 2.05) is 0 Å². The first-order chi connectivity index (χ1) is 13.5. The molecule has 2 aliphatic heterocycles. The number of ether oxygens (including phenoxy) is 2. The third kappa shape index (κ3) is 3.33. The van der Waals surface area contributed by atoms with Gasteiger partial charge in [-0.3, -0.25) is 9.59 Å². The van der Waals surface area contributed by atoms with Crippen molar-refractivity contribution in [1.82, 2.24) is 15.0 Å². The maximum absolute atomic E-state index is 13.0. The highest BCUT2D eigenvalue weighted by Crippen LogP contribution is 2.42. The fourth-order valence-corrected chi connectivity index (χ4v) is 3.90. The molecule has 1 N–H and O–H groups in total. The van der Waals surface area contributed by atoms with Crippen LogP contribution in [-0.2, 0) is 16.1 Å². The third-order valence-electron chi connectivity index (χ3n) is 5.44. The summed E-state index contributed by atoms with van der Waals surface area (Å²) >= 11 is 0. The van der Waals surface area contributed by atoms with Gasteiger partial charge in [-0.15, -0.1) is 0 Å². The number of fused-ring (bicyclic) bond motifs is 1. The lowest BCUT2D eigenvalue weighted by Gasteiger charge is -2.33. The average Bonchev–Trinajstić information content (AvgIpc) is 3.30. The molecule has 9 heteroatoms. The first-order valence-electron chi connectivity index (χ1n) is 9.10. The number of aromatic nitrogens is 2. The molecule has 2 aromatic rings. The molecule has 0 unspecified atom stereocenters. The molecule has 4 rings (SSSR count). The van der Waals surface area contributed by atoms with E-state index in [1.54, 1.807) is 36.1 Å². The van der Waals surface area contributed by atoms with Gasteiger partial charge in [-0.25, -0.2) is 0 Å². The Hall–Kier alpha value is -2.94. The Kier molecular flexibility index (Phi) is 4.76. The topological polar surface area (TPSA) is 115 Å². The number of carboxylic acid groups (broad SMARTS) is 1. The molecule has 3 heterocycles. The van der Waals surface area contributed by atoms with E-state index in [0.29, 0.717) is 49.2 Å². The highest BCUT2D eigenvalue weighted by molar-refractivity contribution is 5.95. The van der Waals surface area contributed by atoms with Crippen LogP contribution in [0.1, 0.15) is 28.5 Å². The van der Waals surface area contributed by atoms with Gasteiger partial charge in [-0.2, -0.15) is 4.98 Å². The number of hydrogen-bond donors (Lipinski definition) is 1. The molecule has 0 bridgehead atoms. The van der Waals surface area contributed by atoms with Crippen molar-refractivity contribution < 1.29 is 28.7 Å². The summed E-state index contributed by atoms with van der Waals surface area (Å²) in [5.41, 5.74) is -0.472. The van der Waals surface area contributed by atoms with E-state index >= 15 is 0 Å². The fraction of sp³-hybridized carbons (Fsp3) is 0.474. The predicted octanol–water partition coefficient (Wildman–Crippen LogP) is 1.52. The van der Waals surface area contributed by atoms with Gasteiger partial charge in [0.2, 0.25) is 11.7 Å². The molecule has 2 aliphatic rings. The number of likely N-dealkylation sites (tertiary alicyclic amines) is 1. The van der Waals surface area contributed by atoms with Gasteiger partial charge >= 0.3 is 5.97 Å². The Balaban J connectivity index is 1.47.